The summed E-state index contributed by atoms with van der Waals surface area (Å²) in [6.45, 7) is 8.67. The van der Waals surface area contributed by atoms with E-state index < -0.39 is 5.41 Å². The van der Waals surface area contributed by atoms with Crippen LogP contribution in [0.3, 0.4) is 0 Å². The topological polar surface area (TPSA) is 76.3 Å². The van der Waals surface area contributed by atoms with Crippen LogP contribution in [-0.2, 0) is 16.6 Å². The van der Waals surface area contributed by atoms with Crippen molar-refractivity contribution < 1.29 is 9.59 Å². The van der Waals surface area contributed by atoms with Gasteiger partial charge in [-0.1, -0.05) is 39.0 Å². The average Bonchev–Trinajstić information content (AvgIpc) is 2.90. The summed E-state index contributed by atoms with van der Waals surface area (Å²) in [7, 11) is 1.80. The summed E-state index contributed by atoms with van der Waals surface area (Å²) in [5, 5.41) is 2.86. The second kappa shape index (κ2) is 7.89. The monoisotopic (exact) mass is 398 g/mol. The number of piperidine rings is 1. The van der Waals surface area contributed by atoms with E-state index in [1.807, 2.05) is 62.9 Å². The molecule has 7 nitrogen and oxygen atoms in total. The van der Waals surface area contributed by atoms with Gasteiger partial charge in [0.15, 0.2) is 0 Å². The molecular weight excluding hydrogens is 368 g/mol. The number of aromatic nitrogens is 2. The van der Waals surface area contributed by atoms with E-state index in [0.717, 1.165) is 5.69 Å². The van der Waals surface area contributed by atoms with Crippen LogP contribution < -0.4 is 10.9 Å². The first-order valence-corrected chi connectivity index (χ1v) is 10.1. The van der Waals surface area contributed by atoms with Crippen molar-refractivity contribution >= 4 is 17.5 Å². The van der Waals surface area contributed by atoms with Crippen LogP contribution >= 0.6 is 0 Å². The van der Waals surface area contributed by atoms with Gasteiger partial charge < -0.3 is 10.2 Å². The van der Waals surface area contributed by atoms with Crippen molar-refractivity contribution in [2.45, 2.75) is 40.5 Å². The molecule has 1 aromatic heterocycles. The molecule has 1 aliphatic heterocycles. The Hall–Kier alpha value is -2.83. The highest BCUT2D eigenvalue weighted by Gasteiger charge is 2.33. The van der Waals surface area contributed by atoms with Crippen LogP contribution in [0, 0.1) is 18.3 Å². The first kappa shape index (κ1) is 20.9. The number of likely N-dealkylation sites (tertiary alicyclic amines) is 1. The van der Waals surface area contributed by atoms with Crippen molar-refractivity contribution in [2.24, 2.45) is 18.4 Å². The van der Waals surface area contributed by atoms with Gasteiger partial charge in [-0.05, 0) is 31.9 Å². The molecule has 3 rings (SSSR count). The third-order valence-electron chi connectivity index (χ3n) is 5.60. The Bertz CT molecular complexity index is 958. The molecule has 0 bridgehead atoms. The van der Waals surface area contributed by atoms with Crippen molar-refractivity contribution in [3.8, 4) is 5.69 Å². The van der Waals surface area contributed by atoms with Crippen LogP contribution in [0.2, 0.25) is 0 Å². The molecule has 0 unspecified atom stereocenters. The zero-order chi connectivity index (χ0) is 21.3. The fraction of sp³-hybridized carbons (Fsp3) is 0.500. The minimum atomic E-state index is -0.418. The number of carbonyl (C=O) groups excluding carboxylic acids is 2. The zero-order valence-electron chi connectivity index (χ0n) is 17.9. The van der Waals surface area contributed by atoms with E-state index in [9.17, 15) is 14.4 Å². The summed E-state index contributed by atoms with van der Waals surface area (Å²) in [6, 6.07) is 9.34. The van der Waals surface area contributed by atoms with Gasteiger partial charge in [-0.3, -0.25) is 19.1 Å². The number of hydrogen-bond donors (Lipinski definition) is 1. The van der Waals surface area contributed by atoms with Crippen LogP contribution in [0.5, 0.6) is 0 Å². The number of para-hydroxylation sites is 1. The summed E-state index contributed by atoms with van der Waals surface area (Å²) in [5.74, 6) is -0.247. The van der Waals surface area contributed by atoms with Crippen molar-refractivity contribution in [3.05, 3.63) is 46.4 Å². The SMILES string of the molecule is Cc1c(NC(=O)C2CCN(C(=O)C(C)(C)C)CC2)c(=O)n(-c2ccccc2)n1C. The highest BCUT2D eigenvalue weighted by molar-refractivity contribution is 5.93. The largest absolute Gasteiger partial charge is 0.342 e. The van der Waals surface area contributed by atoms with Gasteiger partial charge in [0.1, 0.15) is 5.69 Å². The van der Waals surface area contributed by atoms with Gasteiger partial charge in [0.2, 0.25) is 11.8 Å². The predicted molar refractivity (Wildman–Crippen MR) is 113 cm³/mol. The highest BCUT2D eigenvalue weighted by Crippen LogP contribution is 2.25. The Kier molecular flexibility index (Phi) is 5.68. The molecule has 1 fully saturated rings. The Morgan fingerprint density at radius 1 is 1.07 bits per heavy atom. The lowest BCUT2D eigenvalue weighted by molar-refractivity contribution is -0.142. The molecule has 1 aromatic carbocycles. The first-order valence-electron chi connectivity index (χ1n) is 10.1. The van der Waals surface area contributed by atoms with Gasteiger partial charge in [-0.25, -0.2) is 4.68 Å². The molecule has 7 heteroatoms. The Morgan fingerprint density at radius 2 is 1.66 bits per heavy atom. The summed E-state index contributed by atoms with van der Waals surface area (Å²) >= 11 is 0. The maximum absolute atomic E-state index is 13.0. The molecule has 0 spiro atoms. The Balaban J connectivity index is 1.73. The van der Waals surface area contributed by atoms with Crippen molar-refractivity contribution in [1.82, 2.24) is 14.3 Å². The lowest BCUT2D eigenvalue weighted by Gasteiger charge is -2.35. The van der Waals surface area contributed by atoms with Crippen molar-refractivity contribution in [3.63, 3.8) is 0 Å². The minimum Gasteiger partial charge on any atom is -0.342 e. The number of benzene rings is 1. The second-order valence-electron chi connectivity index (χ2n) is 8.74. The van der Waals surface area contributed by atoms with Gasteiger partial charge in [-0.15, -0.1) is 0 Å². The summed E-state index contributed by atoms with van der Waals surface area (Å²) in [6.07, 6.45) is 1.21. The molecule has 2 amide bonds. The van der Waals surface area contributed by atoms with Gasteiger partial charge >= 0.3 is 0 Å². The fourth-order valence-corrected chi connectivity index (χ4v) is 3.76. The quantitative estimate of drug-likeness (QED) is 0.864. The summed E-state index contributed by atoms with van der Waals surface area (Å²) < 4.78 is 3.30. The summed E-state index contributed by atoms with van der Waals surface area (Å²) in [4.78, 5) is 40.0. The third kappa shape index (κ3) is 4.13. The smallest absolute Gasteiger partial charge is 0.295 e. The fourth-order valence-electron chi connectivity index (χ4n) is 3.76. The second-order valence-corrected chi connectivity index (χ2v) is 8.74. The van der Waals surface area contributed by atoms with Gasteiger partial charge in [-0.2, -0.15) is 0 Å². The number of anilines is 1. The van der Waals surface area contributed by atoms with Crippen LogP contribution in [0.4, 0.5) is 5.69 Å². The Labute approximate surface area is 171 Å². The lowest BCUT2D eigenvalue weighted by Crippen LogP contribution is -2.46. The van der Waals surface area contributed by atoms with Gasteiger partial charge in [0.25, 0.3) is 5.56 Å². The van der Waals surface area contributed by atoms with E-state index in [2.05, 4.69) is 5.32 Å². The van der Waals surface area contributed by atoms with Crippen LogP contribution in [0.1, 0.15) is 39.3 Å². The molecule has 0 saturated carbocycles. The number of carbonyl (C=O) groups is 2. The standard InChI is InChI=1S/C22H30N4O3/c1-15-18(20(28)26(24(15)5)17-9-7-6-8-10-17)23-19(27)16-11-13-25(14-12-16)21(29)22(2,3)4/h6-10,16H,11-14H2,1-5H3,(H,23,27). The minimum absolute atomic E-state index is 0.112. The van der Waals surface area contributed by atoms with Gasteiger partial charge in [0, 0.05) is 31.5 Å². The van der Waals surface area contributed by atoms with E-state index in [1.165, 1.54) is 0 Å². The molecule has 0 aliphatic carbocycles. The molecule has 156 valence electrons. The zero-order valence-corrected chi connectivity index (χ0v) is 17.9. The van der Waals surface area contributed by atoms with E-state index in [4.69, 9.17) is 0 Å². The number of nitrogens with one attached hydrogen (secondary N) is 1. The van der Waals surface area contributed by atoms with Crippen LogP contribution in [-0.4, -0.2) is 39.2 Å². The maximum atomic E-state index is 13.0. The maximum Gasteiger partial charge on any atom is 0.295 e. The number of hydrogen-bond acceptors (Lipinski definition) is 3. The molecule has 1 N–H and O–H groups in total. The van der Waals surface area contributed by atoms with E-state index >= 15 is 0 Å². The highest BCUT2D eigenvalue weighted by atomic mass is 16.2. The first-order chi connectivity index (χ1) is 13.6. The normalized spacial score (nSPS) is 15.4. The molecule has 0 radical (unpaired) electrons. The molecule has 0 atom stereocenters. The number of rotatable bonds is 3. The van der Waals surface area contributed by atoms with Crippen LogP contribution in [0.15, 0.2) is 35.1 Å². The third-order valence-corrected chi connectivity index (χ3v) is 5.60. The van der Waals surface area contributed by atoms with E-state index in [0.29, 0.717) is 37.3 Å². The molecule has 29 heavy (non-hydrogen) atoms. The molecule has 2 aromatic rings. The van der Waals surface area contributed by atoms with Crippen molar-refractivity contribution in [2.75, 3.05) is 18.4 Å². The van der Waals surface area contributed by atoms with Crippen molar-refractivity contribution in [1.29, 1.82) is 0 Å². The van der Waals surface area contributed by atoms with Gasteiger partial charge in [0.05, 0.1) is 11.4 Å². The number of amides is 2. The molecule has 1 saturated heterocycles. The summed E-state index contributed by atoms with van der Waals surface area (Å²) in [5.41, 5.74) is 1.10. The van der Waals surface area contributed by atoms with Crippen LogP contribution in [0.25, 0.3) is 5.69 Å². The van der Waals surface area contributed by atoms with E-state index in [1.54, 1.807) is 16.4 Å². The molecule has 2 heterocycles. The average molecular weight is 399 g/mol. The Morgan fingerprint density at radius 3 is 2.21 bits per heavy atom. The molecule has 1 aliphatic rings. The van der Waals surface area contributed by atoms with E-state index in [-0.39, 0.29) is 23.3 Å². The number of nitrogens with zero attached hydrogens (tertiary/aromatic N) is 3. The predicted octanol–water partition coefficient (Wildman–Crippen LogP) is 2.71. The molecular formula is C22H30N4O3. The lowest BCUT2D eigenvalue weighted by atomic mass is 9.90.